The van der Waals surface area contributed by atoms with E-state index in [1.807, 2.05) is 30.1 Å². The first-order valence-electron chi connectivity index (χ1n) is 9.56. The molecule has 1 aromatic heterocycles. The minimum Gasteiger partial charge on any atom is -0.497 e. The summed E-state index contributed by atoms with van der Waals surface area (Å²) in [5.41, 5.74) is 8.05. The van der Waals surface area contributed by atoms with Gasteiger partial charge in [0.15, 0.2) is 0 Å². The van der Waals surface area contributed by atoms with E-state index in [0.29, 0.717) is 28.6 Å². The molecule has 3 N–H and O–H groups in total. The lowest BCUT2D eigenvalue weighted by Crippen LogP contribution is -2.30. The second-order valence-electron chi connectivity index (χ2n) is 7.18. The second kappa shape index (κ2) is 9.28. The molecule has 0 atom stereocenters. The molecule has 0 aliphatic heterocycles. The number of rotatable bonds is 8. The Morgan fingerprint density at radius 2 is 1.97 bits per heavy atom. The molecule has 0 bridgehead atoms. The number of thiophene rings is 1. The van der Waals surface area contributed by atoms with E-state index < -0.39 is 5.91 Å². The fraction of sp³-hybridized carbons (Fsp3) is 0.429. The fourth-order valence-electron chi connectivity index (χ4n) is 3.66. The summed E-state index contributed by atoms with van der Waals surface area (Å²) in [6.45, 7) is 0.708. The van der Waals surface area contributed by atoms with Gasteiger partial charge in [0, 0.05) is 23.1 Å². The Hall–Kier alpha value is -2.58. The van der Waals surface area contributed by atoms with E-state index in [0.717, 1.165) is 41.7 Å². The SMILES string of the molecule is COc1ccc(CN(C)CC(=O)Nc2sc3c(c2C(N)=O)CCCC3)c(OC)c1. The number of primary amides is 1. The topological polar surface area (TPSA) is 93.9 Å². The number of amides is 2. The van der Waals surface area contributed by atoms with Crippen molar-refractivity contribution in [2.45, 2.75) is 32.2 Å². The predicted octanol–water partition coefficient (Wildman–Crippen LogP) is 2.81. The van der Waals surface area contributed by atoms with Crippen molar-refractivity contribution in [2.75, 3.05) is 33.1 Å². The van der Waals surface area contributed by atoms with Crippen molar-refractivity contribution in [1.82, 2.24) is 4.90 Å². The molecule has 0 fully saturated rings. The minimum absolute atomic E-state index is 0.177. The van der Waals surface area contributed by atoms with Crippen LogP contribution in [-0.2, 0) is 24.2 Å². The van der Waals surface area contributed by atoms with E-state index in [2.05, 4.69) is 5.32 Å². The van der Waals surface area contributed by atoms with Gasteiger partial charge in [0.25, 0.3) is 5.91 Å². The Balaban J connectivity index is 1.67. The molecule has 1 aliphatic rings. The number of benzene rings is 1. The van der Waals surface area contributed by atoms with Gasteiger partial charge in [-0.25, -0.2) is 0 Å². The van der Waals surface area contributed by atoms with Gasteiger partial charge < -0.3 is 20.5 Å². The maximum Gasteiger partial charge on any atom is 0.251 e. The molecule has 0 radical (unpaired) electrons. The number of nitrogens with one attached hydrogen (secondary N) is 1. The summed E-state index contributed by atoms with van der Waals surface area (Å²) in [4.78, 5) is 27.6. The Kier molecular flexibility index (Phi) is 6.76. The van der Waals surface area contributed by atoms with E-state index in [9.17, 15) is 9.59 Å². The van der Waals surface area contributed by atoms with Crippen molar-refractivity contribution < 1.29 is 19.1 Å². The molecule has 0 saturated heterocycles. The smallest absolute Gasteiger partial charge is 0.251 e. The first-order chi connectivity index (χ1) is 13.9. The van der Waals surface area contributed by atoms with Crippen LogP contribution in [0.1, 0.15) is 39.2 Å². The molecule has 0 saturated carbocycles. The van der Waals surface area contributed by atoms with Crippen LogP contribution in [0.2, 0.25) is 0 Å². The quantitative estimate of drug-likeness (QED) is 0.689. The maximum atomic E-state index is 12.6. The lowest BCUT2D eigenvalue weighted by atomic mass is 9.95. The molecule has 3 rings (SSSR count). The molecule has 1 heterocycles. The minimum atomic E-state index is -0.476. The molecular weight excluding hydrogens is 390 g/mol. The Morgan fingerprint density at radius 1 is 1.21 bits per heavy atom. The van der Waals surface area contributed by atoms with Crippen LogP contribution >= 0.6 is 11.3 Å². The zero-order chi connectivity index (χ0) is 21.0. The first kappa shape index (κ1) is 21.1. The number of aryl methyl sites for hydroxylation is 1. The highest BCUT2D eigenvalue weighted by Crippen LogP contribution is 2.37. The van der Waals surface area contributed by atoms with Crippen molar-refractivity contribution in [3.05, 3.63) is 39.8 Å². The van der Waals surface area contributed by atoms with Crippen molar-refractivity contribution >= 4 is 28.2 Å². The van der Waals surface area contributed by atoms with Crippen LogP contribution in [0.3, 0.4) is 0 Å². The largest absolute Gasteiger partial charge is 0.497 e. The highest BCUT2D eigenvalue weighted by Gasteiger charge is 2.25. The van der Waals surface area contributed by atoms with E-state index in [-0.39, 0.29) is 12.5 Å². The summed E-state index contributed by atoms with van der Waals surface area (Å²) in [5, 5.41) is 3.47. The average molecular weight is 418 g/mol. The number of nitrogens with zero attached hydrogens (tertiary/aromatic N) is 1. The van der Waals surface area contributed by atoms with E-state index in [1.54, 1.807) is 14.2 Å². The average Bonchev–Trinajstić information content (AvgIpc) is 3.05. The number of carbonyl (C=O) groups excluding carboxylic acids is 2. The van der Waals surface area contributed by atoms with Crippen LogP contribution in [0.4, 0.5) is 5.00 Å². The van der Waals surface area contributed by atoms with Crippen molar-refractivity contribution in [2.24, 2.45) is 5.73 Å². The van der Waals surface area contributed by atoms with Gasteiger partial charge in [0.2, 0.25) is 5.91 Å². The maximum absolute atomic E-state index is 12.6. The van der Waals surface area contributed by atoms with Crippen LogP contribution in [0.5, 0.6) is 11.5 Å². The summed E-state index contributed by atoms with van der Waals surface area (Å²) in [6.07, 6.45) is 3.93. The molecule has 1 aliphatic carbocycles. The predicted molar refractivity (Wildman–Crippen MR) is 114 cm³/mol. The summed E-state index contributed by atoms with van der Waals surface area (Å²) < 4.78 is 10.6. The Bertz CT molecular complexity index is 910. The van der Waals surface area contributed by atoms with Gasteiger partial charge in [-0.3, -0.25) is 14.5 Å². The summed E-state index contributed by atoms with van der Waals surface area (Å²) >= 11 is 1.47. The van der Waals surface area contributed by atoms with Crippen LogP contribution < -0.4 is 20.5 Å². The van der Waals surface area contributed by atoms with Crippen molar-refractivity contribution in [3.8, 4) is 11.5 Å². The van der Waals surface area contributed by atoms with Crippen molar-refractivity contribution in [3.63, 3.8) is 0 Å². The van der Waals surface area contributed by atoms with E-state index >= 15 is 0 Å². The number of hydrogen-bond donors (Lipinski definition) is 2. The number of anilines is 1. The molecule has 2 amide bonds. The van der Waals surface area contributed by atoms with Gasteiger partial charge in [-0.1, -0.05) is 6.07 Å². The number of likely N-dealkylation sites (N-methyl/N-ethyl adjacent to an activating group) is 1. The number of nitrogens with two attached hydrogens (primary N) is 1. The summed E-state index contributed by atoms with van der Waals surface area (Å²) in [6, 6.07) is 5.60. The Morgan fingerprint density at radius 3 is 2.66 bits per heavy atom. The molecular formula is C21H27N3O4S. The lowest BCUT2D eigenvalue weighted by molar-refractivity contribution is -0.117. The molecule has 0 spiro atoms. The molecule has 29 heavy (non-hydrogen) atoms. The summed E-state index contributed by atoms with van der Waals surface area (Å²) in [5.74, 6) is 0.766. The zero-order valence-corrected chi connectivity index (χ0v) is 17.9. The Labute approximate surface area is 174 Å². The lowest BCUT2D eigenvalue weighted by Gasteiger charge is -2.18. The van der Waals surface area contributed by atoms with Gasteiger partial charge in [-0.05, 0) is 44.4 Å². The third kappa shape index (κ3) is 4.89. The first-order valence-corrected chi connectivity index (χ1v) is 10.4. The third-order valence-electron chi connectivity index (χ3n) is 5.02. The zero-order valence-electron chi connectivity index (χ0n) is 17.0. The molecule has 7 nitrogen and oxygen atoms in total. The number of ether oxygens (including phenoxy) is 2. The van der Waals surface area contributed by atoms with Crippen LogP contribution in [-0.4, -0.2) is 44.5 Å². The van der Waals surface area contributed by atoms with Gasteiger partial charge >= 0.3 is 0 Å². The number of hydrogen-bond acceptors (Lipinski definition) is 6. The fourth-order valence-corrected chi connectivity index (χ4v) is 4.97. The number of carbonyl (C=O) groups is 2. The normalized spacial score (nSPS) is 13.1. The molecule has 2 aromatic rings. The molecule has 1 aromatic carbocycles. The monoisotopic (exact) mass is 417 g/mol. The molecule has 0 unspecified atom stereocenters. The standard InChI is InChI=1S/C21H27N3O4S/c1-24(11-13-8-9-14(27-2)10-16(13)28-3)12-18(25)23-21-19(20(22)26)15-6-4-5-7-17(15)29-21/h8-10H,4-7,11-12H2,1-3H3,(H2,22,26)(H,23,25). The van der Waals surface area contributed by atoms with Gasteiger partial charge in [-0.2, -0.15) is 0 Å². The molecule has 156 valence electrons. The highest BCUT2D eigenvalue weighted by atomic mass is 32.1. The van der Waals surface area contributed by atoms with Crippen LogP contribution in [0.25, 0.3) is 0 Å². The van der Waals surface area contributed by atoms with Crippen LogP contribution in [0, 0.1) is 0 Å². The van der Waals surface area contributed by atoms with Gasteiger partial charge in [0.05, 0.1) is 26.3 Å². The number of fused-ring (bicyclic) bond motifs is 1. The third-order valence-corrected chi connectivity index (χ3v) is 6.23. The summed E-state index contributed by atoms with van der Waals surface area (Å²) in [7, 11) is 5.07. The van der Waals surface area contributed by atoms with Gasteiger partial charge in [-0.15, -0.1) is 11.3 Å². The van der Waals surface area contributed by atoms with Crippen molar-refractivity contribution in [1.29, 1.82) is 0 Å². The highest BCUT2D eigenvalue weighted by molar-refractivity contribution is 7.17. The molecule has 8 heteroatoms. The van der Waals surface area contributed by atoms with E-state index in [4.69, 9.17) is 15.2 Å². The van der Waals surface area contributed by atoms with E-state index in [1.165, 1.54) is 11.3 Å². The van der Waals surface area contributed by atoms with Gasteiger partial charge in [0.1, 0.15) is 16.5 Å². The van der Waals surface area contributed by atoms with Crippen LogP contribution in [0.15, 0.2) is 18.2 Å². The number of methoxy groups -OCH3 is 2. The second-order valence-corrected chi connectivity index (χ2v) is 8.28.